The van der Waals surface area contributed by atoms with Crippen LogP contribution in [0.1, 0.15) is 14.8 Å². The molecule has 0 saturated carbocycles. The number of aromatic hydroxyl groups is 1. The number of anilines is 2. The third-order valence-electron chi connectivity index (χ3n) is 4.72. The summed E-state index contributed by atoms with van der Waals surface area (Å²) in [4.78, 5) is 16.7. The monoisotopic (exact) mass is 413 g/mol. The van der Waals surface area contributed by atoms with Crippen LogP contribution in [0.5, 0.6) is 5.75 Å². The number of carbonyl (C=O) groups excluding carboxylic acids is 1. The number of hydrogen-bond donors (Lipinski definition) is 2. The number of nitrogens with zero attached hydrogens (tertiary/aromatic N) is 4. The number of benzene rings is 2. The number of nitrogens with one attached hydrogen (secondary N) is 1. The molecule has 0 bridgehead atoms. The molecule has 9 heteroatoms. The maximum absolute atomic E-state index is 13.0. The lowest BCUT2D eigenvalue weighted by molar-refractivity contribution is 0.102. The molecule has 1 aromatic heterocycles. The molecule has 1 fully saturated rings. The Morgan fingerprint density at radius 2 is 1.79 bits per heavy atom. The molecule has 2 heterocycles. The van der Waals surface area contributed by atoms with E-state index in [4.69, 9.17) is 0 Å². The first-order valence-corrected chi connectivity index (χ1v) is 10.0. The van der Waals surface area contributed by atoms with Crippen molar-refractivity contribution in [2.45, 2.75) is 6.54 Å². The van der Waals surface area contributed by atoms with E-state index in [1.807, 2.05) is 18.2 Å². The Kier molecular flexibility index (Phi) is 5.68. The molecule has 0 atom stereocenters. The third-order valence-corrected chi connectivity index (χ3v) is 5.62. The molecule has 0 aliphatic carbocycles. The number of halogens is 1. The highest BCUT2D eigenvalue weighted by atomic mass is 32.1. The van der Waals surface area contributed by atoms with Gasteiger partial charge >= 0.3 is 0 Å². The number of rotatable bonds is 5. The molecule has 2 aromatic carbocycles. The van der Waals surface area contributed by atoms with Crippen LogP contribution in [0.25, 0.3) is 0 Å². The molecule has 0 unspecified atom stereocenters. The Hall–Kier alpha value is -3.04. The molecule has 1 aliphatic heterocycles. The predicted octanol–water partition coefficient (Wildman–Crippen LogP) is 2.96. The van der Waals surface area contributed by atoms with Crippen LogP contribution < -0.4 is 10.2 Å². The molecular weight excluding hydrogens is 393 g/mol. The summed E-state index contributed by atoms with van der Waals surface area (Å²) in [6.45, 7) is 3.87. The van der Waals surface area contributed by atoms with Crippen molar-refractivity contribution < 1.29 is 14.3 Å². The van der Waals surface area contributed by atoms with Crippen LogP contribution in [-0.4, -0.2) is 52.3 Å². The highest BCUT2D eigenvalue weighted by molar-refractivity contribution is 7.13. The van der Waals surface area contributed by atoms with Crippen LogP contribution in [-0.2, 0) is 6.54 Å². The zero-order valence-electron chi connectivity index (χ0n) is 15.6. The van der Waals surface area contributed by atoms with Crippen molar-refractivity contribution in [2.24, 2.45) is 0 Å². The van der Waals surface area contributed by atoms with E-state index in [1.54, 1.807) is 6.07 Å². The smallest absolute Gasteiger partial charge is 0.286 e. The summed E-state index contributed by atoms with van der Waals surface area (Å²) in [6.07, 6.45) is 0. The molecule has 1 aliphatic rings. The van der Waals surface area contributed by atoms with Crippen LogP contribution in [0, 0.1) is 5.82 Å². The van der Waals surface area contributed by atoms with Gasteiger partial charge in [0.15, 0.2) is 0 Å². The van der Waals surface area contributed by atoms with Gasteiger partial charge in [0.2, 0.25) is 5.01 Å². The number of para-hydroxylation sites is 2. The van der Waals surface area contributed by atoms with Crippen LogP contribution >= 0.6 is 11.3 Å². The molecule has 150 valence electrons. The van der Waals surface area contributed by atoms with Crippen molar-refractivity contribution >= 4 is 28.6 Å². The van der Waals surface area contributed by atoms with E-state index in [-0.39, 0.29) is 16.7 Å². The van der Waals surface area contributed by atoms with Gasteiger partial charge in [0.05, 0.1) is 12.2 Å². The molecule has 0 spiro atoms. The summed E-state index contributed by atoms with van der Waals surface area (Å²) in [5, 5.41) is 21.9. The van der Waals surface area contributed by atoms with Crippen molar-refractivity contribution in [3.8, 4) is 5.75 Å². The average Bonchev–Trinajstić information content (AvgIpc) is 3.19. The summed E-state index contributed by atoms with van der Waals surface area (Å²) in [6, 6.07) is 12.9. The summed E-state index contributed by atoms with van der Waals surface area (Å²) in [5.74, 6) is -0.421. The third kappa shape index (κ3) is 4.69. The lowest BCUT2D eigenvalue weighted by Crippen LogP contribution is -2.45. The van der Waals surface area contributed by atoms with Crippen LogP contribution in [0.15, 0.2) is 48.5 Å². The van der Waals surface area contributed by atoms with Gasteiger partial charge in [-0.3, -0.25) is 9.69 Å². The number of carbonyl (C=O) groups is 1. The maximum Gasteiger partial charge on any atom is 0.286 e. The van der Waals surface area contributed by atoms with E-state index in [9.17, 15) is 14.3 Å². The van der Waals surface area contributed by atoms with E-state index >= 15 is 0 Å². The normalized spacial score (nSPS) is 14.7. The SMILES string of the molecule is O=C(Nc1ccc(F)cc1)c1nnc(CN2CCN(c3ccccc3O)CC2)s1. The zero-order valence-corrected chi connectivity index (χ0v) is 16.4. The summed E-state index contributed by atoms with van der Waals surface area (Å²) in [5.41, 5.74) is 1.36. The van der Waals surface area contributed by atoms with Crippen molar-refractivity contribution in [1.29, 1.82) is 0 Å². The summed E-state index contributed by atoms with van der Waals surface area (Å²) in [7, 11) is 0. The van der Waals surface area contributed by atoms with Crippen LogP contribution in [0.2, 0.25) is 0 Å². The highest BCUT2D eigenvalue weighted by Crippen LogP contribution is 2.27. The first-order chi connectivity index (χ1) is 14.1. The van der Waals surface area contributed by atoms with E-state index in [1.165, 1.54) is 35.6 Å². The molecule has 2 N–H and O–H groups in total. The Balaban J connectivity index is 1.31. The van der Waals surface area contributed by atoms with Gasteiger partial charge in [-0.2, -0.15) is 0 Å². The second kappa shape index (κ2) is 8.54. The van der Waals surface area contributed by atoms with Gasteiger partial charge < -0.3 is 15.3 Å². The Bertz CT molecular complexity index is 987. The van der Waals surface area contributed by atoms with Gasteiger partial charge in [-0.15, -0.1) is 10.2 Å². The second-order valence-electron chi connectivity index (χ2n) is 6.71. The summed E-state index contributed by atoms with van der Waals surface area (Å²) >= 11 is 1.25. The van der Waals surface area contributed by atoms with Crippen molar-refractivity contribution in [3.05, 3.63) is 64.4 Å². The molecule has 29 heavy (non-hydrogen) atoms. The lowest BCUT2D eigenvalue weighted by Gasteiger charge is -2.35. The Morgan fingerprint density at radius 1 is 1.07 bits per heavy atom. The largest absolute Gasteiger partial charge is 0.506 e. The fourth-order valence-electron chi connectivity index (χ4n) is 3.20. The number of piperazine rings is 1. The fourth-order valence-corrected chi connectivity index (χ4v) is 3.97. The van der Waals surface area contributed by atoms with Crippen molar-refractivity contribution in [2.75, 3.05) is 36.4 Å². The summed E-state index contributed by atoms with van der Waals surface area (Å²) < 4.78 is 13.0. The van der Waals surface area contributed by atoms with Crippen molar-refractivity contribution in [1.82, 2.24) is 15.1 Å². The minimum absolute atomic E-state index is 0.275. The quantitative estimate of drug-likeness (QED) is 0.669. The van der Waals surface area contributed by atoms with E-state index in [0.29, 0.717) is 18.0 Å². The van der Waals surface area contributed by atoms with Gasteiger partial charge in [0.25, 0.3) is 5.91 Å². The minimum Gasteiger partial charge on any atom is -0.506 e. The van der Waals surface area contributed by atoms with E-state index < -0.39 is 0 Å². The highest BCUT2D eigenvalue weighted by Gasteiger charge is 2.21. The van der Waals surface area contributed by atoms with E-state index in [0.717, 1.165) is 36.9 Å². The number of aromatic nitrogens is 2. The molecule has 3 aromatic rings. The molecule has 1 saturated heterocycles. The zero-order chi connectivity index (χ0) is 20.2. The Morgan fingerprint density at radius 3 is 2.52 bits per heavy atom. The van der Waals surface area contributed by atoms with Gasteiger partial charge in [0, 0.05) is 31.9 Å². The minimum atomic E-state index is -0.358. The van der Waals surface area contributed by atoms with Crippen LogP contribution in [0.4, 0.5) is 15.8 Å². The molecule has 7 nitrogen and oxygen atoms in total. The second-order valence-corrected chi connectivity index (χ2v) is 7.78. The van der Waals surface area contributed by atoms with Gasteiger partial charge in [-0.25, -0.2) is 4.39 Å². The molecule has 1 amide bonds. The van der Waals surface area contributed by atoms with Gasteiger partial charge in [-0.05, 0) is 36.4 Å². The van der Waals surface area contributed by atoms with Crippen molar-refractivity contribution in [3.63, 3.8) is 0 Å². The first-order valence-electron chi connectivity index (χ1n) is 9.23. The molecule has 0 radical (unpaired) electrons. The number of amides is 1. The average molecular weight is 413 g/mol. The standard InChI is InChI=1S/C20H20FN5O2S/c21-14-5-7-15(8-6-14)22-19(28)20-24-23-18(29-20)13-25-9-11-26(12-10-25)16-3-1-2-4-17(16)27/h1-8,27H,9-13H2,(H,22,28). The number of phenolic OH excluding ortho intramolecular Hbond substituents is 1. The number of hydrogen-bond acceptors (Lipinski definition) is 7. The van der Waals surface area contributed by atoms with Crippen LogP contribution in [0.3, 0.4) is 0 Å². The number of phenols is 1. The maximum atomic E-state index is 13.0. The van der Waals surface area contributed by atoms with E-state index in [2.05, 4.69) is 25.3 Å². The lowest BCUT2D eigenvalue weighted by atomic mass is 10.2. The Labute approximate surface area is 171 Å². The predicted molar refractivity (Wildman–Crippen MR) is 110 cm³/mol. The topological polar surface area (TPSA) is 81.6 Å². The first kappa shape index (κ1) is 19.3. The van der Waals surface area contributed by atoms with Gasteiger partial charge in [-0.1, -0.05) is 23.5 Å². The van der Waals surface area contributed by atoms with Gasteiger partial charge in [0.1, 0.15) is 16.6 Å². The molecular formula is C20H20FN5O2S. The molecule has 4 rings (SSSR count). The fraction of sp³-hybridized carbons (Fsp3) is 0.250.